The second kappa shape index (κ2) is 6.33. The molecular formula is C16H15ClO2S. The van der Waals surface area contributed by atoms with Crippen molar-refractivity contribution < 1.29 is 9.00 Å². The quantitative estimate of drug-likeness (QED) is 0.802. The molecule has 2 aromatic rings. The largest absolute Gasteiger partial charge is 0.293 e. The maximum Gasteiger partial charge on any atom is 0.175 e. The summed E-state index contributed by atoms with van der Waals surface area (Å²) in [6.07, 6.45) is 0. The number of benzene rings is 2. The van der Waals surface area contributed by atoms with Crippen molar-refractivity contribution in [3.63, 3.8) is 0 Å². The number of carbonyl (C=O) groups excluding carboxylic acids is 1. The maximum absolute atomic E-state index is 12.2. The molecule has 1 atom stereocenters. The fourth-order valence-corrected chi connectivity index (χ4v) is 3.49. The van der Waals surface area contributed by atoms with Crippen LogP contribution in [0.5, 0.6) is 0 Å². The molecule has 0 aliphatic heterocycles. The molecule has 104 valence electrons. The molecule has 2 nitrogen and oxygen atoms in total. The van der Waals surface area contributed by atoms with Gasteiger partial charge >= 0.3 is 0 Å². The average molecular weight is 307 g/mol. The number of aryl methyl sites for hydroxylation is 2. The van der Waals surface area contributed by atoms with Gasteiger partial charge in [0.25, 0.3) is 0 Å². The number of carbonyl (C=O) groups is 1. The van der Waals surface area contributed by atoms with Gasteiger partial charge in [-0.05, 0) is 31.5 Å². The summed E-state index contributed by atoms with van der Waals surface area (Å²) in [6, 6.07) is 12.5. The zero-order valence-electron chi connectivity index (χ0n) is 11.4. The molecular weight excluding hydrogens is 292 g/mol. The van der Waals surface area contributed by atoms with E-state index in [2.05, 4.69) is 0 Å². The SMILES string of the molecule is Cc1ccc(C(=O)CS(=O)c2ccccc2Cl)c(C)c1. The molecule has 1 unspecified atom stereocenters. The summed E-state index contributed by atoms with van der Waals surface area (Å²) >= 11 is 6.00. The number of hydrogen-bond donors (Lipinski definition) is 0. The van der Waals surface area contributed by atoms with Crippen LogP contribution in [0.2, 0.25) is 5.02 Å². The smallest absolute Gasteiger partial charge is 0.175 e. The third kappa shape index (κ3) is 3.35. The van der Waals surface area contributed by atoms with E-state index in [0.717, 1.165) is 11.1 Å². The molecule has 0 bridgehead atoms. The first-order valence-corrected chi connectivity index (χ1v) is 7.92. The van der Waals surface area contributed by atoms with Crippen LogP contribution in [0, 0.1) is 13.8 Å². The van der Waals surface area contributed by atoms with E-state index in [4.69, 9.17) is 11.6 Å². The van der Waals surface area contributed by atoms with Crippen LogP contribution in [0.15, 0.2) is 47.4 Å². The highest BCUT2D eigenvalue weighted by Crippen LogP contribution is 2.20. The molecule has 0 heterocycles. The van der Waals surface area contributed by atoms with E-state index in [1.807, 2.05) is 26.0 Å². The zero-order chi connectivity index (χ0) is 14.7. The van der Waals surface area contributed by atoms with Gasteiger partial charge in [0.1, 0.15) is 0 Å². The van der Waals surface area contributed by atoms with E-state index >= 15 is 0 Å². The van der Waals surface area contributed by atoms with Gasteiger partial charge in [0.15, 0.2) is 5.78 Å². The van der Waals surface area contributed by atoms with Gasteiger partial charge in [-0.1, -0.05) is 47.5 Å². The summed E-state index contributed by atoms with van der Waals surface area (Å²) < 4.78 is 12.2. The van der Waals surface area contributed by atoms with Crippen LogP contribution < -0.4 is 0 Å². The summed E-state index contributed by atoms with van der Waals surface area (Å²) in [5.41, 5.74) is 2.63. The second-order valence-corrected chi connectivity index (χ2v) is 6.49. The van der Waals surface area contributed by atoms with Gasteiger partial charge in [0.2, 0.25) is 0 Å². The predicted octanol–water partition coefficient (Wildman–Crippen LogP) is 3.95. The fraction of sp³-hybridized carbons (Fsp3) is 0.188. The summed E-state index contributed by atoms with van der Waals surface area (Å²) in [6.45, 7) is 3.86. The molecule has 0 spiro atoms. The van der Waals surface area contributed by atoms with Crippen molar-refractivity contribution in [1.82, 2.24) is 0 Å². The van der Waals surface area contributed by atoms with Crippen LogP contribution in [0.25, 0.3) is 0 Å². The Morgan fingerprint density at radius 2 is 1.85 bits per heavy atom. The molecule has 20 heavy (non-hydrogen) atoms. The topological polar surface area (TPSA) is 34.1 Å². The fourth-order valence-electron chi connectivity index (χ4n) is 2.03. The maximum atomic E-state index is 12.2. The molecule has 0 saturated carbocycles. The van der Waals surface area contributed by atoms with Gasteiger partial charge in [0, 0.05) is 5.56 Å². The van der Waals surface area contributed by atoms with Crippen molar-refractivity contribution in [2.45, 2.75) is 18.7 Å². The first-order chi connectivity index (χ1) is 9.49. The lowest BCUT2D eigenvalue weighted by Gasteiger charge is -2.07. The molecule has 2 aromatic carbocycles. The van der Waals surface area contributed by atoms with Gasteiger partial charge in [-0.2, -0.15) is 0 Å². The molecule has 0 radical (unpaired) electrons. The van der Waals surface area contributed by atoms with E-state index in [1.54, 1.807) is 30.3 Å². The van der Waals surface area contributed by atoms with Gasteiger partial charge in [0.05, 0.1) is 26.5 Å². The monoisotopic (exact) mass is 306 g/mol. The van der Waals surface area contributed by atoms with E-state index in [0.29, 0.717) is 15.5 Å². The highest BCUT2D eigenvalue weighted by Gasteiger charge is 2.16. The Morgan fingerprint density at radius 1 is 1.15 bits per heavy atom. The second-order valence-electron chi connectivity index (χ2n) is 4.66. The minimum atomic E-state index is -1.42. The number of rotatable bonds is 4. The van der Waals surface area contributed by atoms with E-state index < -0.39 is 10.8 Å². The lowest BCUT2D eigenvalue weighted by atomic mass is 10.0. The van der Waals surface area contributed by atoms with Crippen molar-refractivity contribution in [2.24, 2.45) is 0 Å². The predicted molar refractivity (Wildman–Crippen MR) is 83.0 cm³/mol. The highest BCUT2D eigenvalue weighted by atomic mass is 35.5. The van der Waals surface area contributed by atoms with E-state index in [9.17, 15) is 9.00 Å². The molecule has 2 rings (SSSR count). The molecule has 0 fully saturated rings. The Hall–Kier alpha value is -1.45. The highest BCUT2D eigenvalue weighted by molar-refractivity contribution is 7.86. The number of ketones is 1. The Labute approximate surface area is 126 Å². The van der Waals surface area contributed by atoms with Gasteiger partial charge in [-0.15, -0.1) is 0 Å². The Morgan fingerprint density at radius 3 is 2.50 bits per heavy atom. The van der Waals surface area contributed by atoms with Crippen molar-refractivity contribution in [2.75, 3.05) is 5.75 Å². The van der Waals surface area contributed by atoms with Crippen LogP contribution in [0.1, 0.15) is 21.5 Å². The van der Waals surface area contributed by atoms with Gasteiger partial charge in [-0.25, -0.2) is 0 Å². The third-order valence-corrected chi connectivity index (χ3v) is 4.84. The van der Waals surface area contributed by atoms with E-state index in [1.165, 1.54) is 0 Å². The van der Waals surface area contributed by atoms with Crippen molar-refractivity contribution in [3.8, 4) is 0 Å². The summed E-state index contributed by atoms with van der Waals surface area (Å²) in [4.78, 5) is 12.7. The molecule has 0 aliphatic rings. The van der Waals surface area contributed by atoms with Crippen LogP contribution in [0.4, 0.5) is 0 Å². The van der Waals surface area contributed by atoms with Crippen LogP contribution >= 0.6 is 11.6 Å². The standard InChI is InChI=1S/C16H15ClO2S/c1-11-7-8-13(12(2)9-11)15(18)10-20(19)16-6-4-3-5-14(16)17/h3-9H,10H2,1-2H3. The third-order valence-electron chi connectivity index (χ3n) is 3.03. The lowest BCUT2D eigenvalue weighted by molar-refractivity contribution is 0.102. The number of Topliss-reactive ketones (excluding diaryl/α,β-unsaturated/α-hetero) is 1. The molecule has 0 aromatic heterocycles. The summed E-state index contributed by atoms with van der Waals surface area (Å²) in [5, 5.41) is 0.430. The minimum absolute atomic E-state index is 0.0480. The van der Waals surface area contributed by atoms with E-state index in [-0.39, 0.29) is 11.5 Å². The first kappa shape index (κ1) is 14.9. The summed E-state index contributed by atoms with van der Waals surface area (Å²) in [7, 11) is -1.42. The van der Waals surface area contributed by atoms with Crippen molar-refractivity contribution in [1.29, 1.82) is 0 Å². The molecule has 0 N–H and O–H groups in total. The van der Waals surface area contributed by atoms with Gasteiger partial charge in [-0.3, -0.25) is 9.00 Å². The van der Waals surface area contributed by atoms with Crippen LogP contribution in [0.3, 0.4) is 0 Å². The van der Waals surface area contributed by atoms with Gasteiger partial charge < -0.3 is 0 Å². The Bertz CT molecular complexity index is 680. The first-order valence-electron chi connectivity index (χ1n) is 6.22. The normalized spacial score (nSPS) is 12.2. The molecule has 0 aliphatic carbocycles. The molecule has 0 saturated heterocycles. The van der Waals surface area contributed by atoms with Crippen LogP contribution in [-0.4, -0.2) is 15.7 Å². The Balaban J connectivity index is 2.20. The lowest BCUT2D eigenvalue weighted by Crippen LogP contribution is -2.12. The van der Waals surface area contributed by atoms with Crippen molar-refractivity contribution >= 4 is 28.2 Å². The minimum Gasteiger partial charge on any atom is -0.293 e. The van der Waals surface area contributed by atoms with Crippen LogP contribution in [-0.2, 0) is 10.8 Å². The number of hydrogen-bond acceptors (Lipinski definition) is 2. The number of halogens is 1. The summed E-state index contributed by atoms with van der Waals surface area (Å²) in [5.74, 6) is -0.172. The van der Waals surface area contributed by atoms with Crippen molar-refractivity contribution in [3.05, 3.63) is 64.2 Å². The average Bonchev–Trinajstić information content (AvgIpc) is 2.38. The Kier molecular flexibility index (Phi) is 4.73. The molecule has 4 heteroatoms. The molecule has 0 amide bonds. The zero-order valence-corrected chi connectivity index (χ0v) is 12.9.